The topological polar surface area (TPSA) is 36.9 Å². The van der Waals surface area contributed by atoms with Gasteiger partial charge in [-0.25, -0.2) is 0 Å². The van der Waals surface area contributed by atoms with Crippen LogP contribution in [0.15, 0.2) is 0 Å². The molecule has 0 aromatic heterocycles. The number of ether oxygens (including phenoxy) is 4. The van der Waals surface area contributed by atoms with E-state index in [0.717, 1.165) is 57.2 Å². The molecule has 0 aliphatic carbocycles. The summed E-state index contributed by atoms with van der Waals surface area (Å²) in [5.41, 5.74) is 0. The maximum absolute atomic E-state index is 9.75. The molecule has 24 heavy (non-hydrogen) atoms. The van der Waals surface area contributed by atoms with Crippen LogP contribution in [0, 0.1) is 0 Å². The molecule has 0 rings (SSSR count). The third kappa shape index (κ3) is 23.8. The van der Waals surface area contributed by atoms with E-state index in [-0.39, 0.29) is 0 Å². The van der Waals surface area contributed by atoms with E-state index >= 15 is 0 Å². The van der Waals surface area contributed by atoms with E-state index in [1.807, 2.05) is 13.8 Å². The van der Waals surface area contributed by atoms with Crippen LogP contribution in [0.4, 0.5) is 17.3 Å². The van der Waals surface area contributed by atoms with Crippen LogP contribution in [0.25, 0.3) is 0 Å². The fourth-order valence-corrected chi connectivity index (χ4v) is 1.72. The first-order valence-electron chi connectivity index (χ1n) is 8.11. The fourth-order valence-electron chi connectivity index (χ4n) is 1.72. The first-order valence-corrected chi connectivity index (χ1v) is 8.11. The van der Waals surface area contributed by atoms with Crippen LogP contribution in [-0.4, -0.2) is 91.8 Å². The molecule has 0 heterocycles. The van der Waals surface area contributed by atoms with E-state index in [1.54, 1.807) is 7.11 Å². The van der Waals surface area contributed by atoms with Crippen LogP contribution in [0.1, 0.15) is 13.8 Å². The fraction of sp³-hybridized carbons (Fsp3) is 1.00. The highest BCUT2D eigenvalue weighted by Crippen LogP contribution is 2.06. The van der Waals surface area contributed by atoms with Crippen molar-refractivity contribution in [3.63, 3.8) is 0 Å². The van der Waals surface area contributed by atoms with Crippen molar-refractivity contribution < 1.29 is 40.7 Å². The molecular formula is C14H32BF4NO4. The number of nitrogens with zero attached hydrogens (tertiary/aromatic N) is 1. The molecule has 0 fully saturated rings. The van der Waals surface area contributed by atoms with Crippen LogP contribution in [0.3, 0.4) is 0 Å². The maximum atomic E-state index is 9.75. The van der Waals surface area contributed by atoms with Crippen LogP contribution in [0.2, 0.25) is 0 Å². The third-order valence-electron chi connectivity index (χ3n) is 3.17. The number of hydrogen-bond donors (Lipinski definition) is 0. The minimum atomic E-state index is -6.00. The molecule has 0 aromatic carbocycles. The van der Waals surface area contributed by atoms with Gasteiger partial charge in [-0.05, 0) is 13.8 Å². The Morgan fingerprint density at radius 3 is 1.42 bits per heavy atom. The second-order valence-electron chi connectivity index (χ2n) is 5.28. The van der Waals surface area contributed by atoms with E-state index in [0.29, 0.717) is 13.2 Å². The van der Waals surface area contributed by atoms with Gasteiger partial charge >= 0.3 is 7.25 Å². The summed E-state index contributed by atoms with van der Waals surface area (Å²) in [6.45, 7) is 12.2. The SMILES string of the molecule is CCOCC[N+](C)(CCOCC)CCOCCOC.F[B-](F)(F)F. The lowest BCUT2D eigenvalue weighted by Gasteiger charge is -2.34. The standard InChI is InChI=1S/C14H32NO4.BF4/c1-5-17-10-7-15(3,8-11-18-6-2)9-12-19-14-13-16-4;2-1(3,4)5/h5-14H2,1-4H3;/q+1;-1. The molecular weight excluding hydrogens is 333 g/mol. The van der Waals surface area contributed by atoms with Gasteiger partial charge in [0.1, 0.15) is 19.6 Å². The van der Waals surface area contributed by atoms with Crippen LogP contribution < -0.4 is 0 Å². The lowest BCUT2D eigenvalue weighted by molar-refractivity contribution is -0.910. The van der Waals surface area contributed by atoms with Crippen molar-refractivity contribution in [2.45, 2.75) is 13.8 Å². The van der Waals surface area contributed by atoms with Crippen molar-refractivity contribution in [2.75, 3.05) is 80.0 Å². The predicted octanol–water partition coefficient (Wildman–Crippen LogP) is 2.47. The van der Waals surface area contributed by atoms with Crippen molar-refractivity contribution >= 4 is 7.25 Å². The van der Waals surface area contributed by atoms with Gasteiger partial charge in [0.2, 0.25) is 0 Å². The summed E-state index contributed by atoms with van der Waals surface area (Å²) in [5, 5.41) is 0. The van der Waals surface area contributed by atoms with Crippen molar-refractivity contribution in [3.05, 3.63) is 0 Å². The molecule has 0 unspecified atom stereocenters. The van der Waals surface area contributed by atoms with Gasteiger partial charge in [-0.2, -0.15) is 0 Å². The molecule has 0 atom stereocenters. The van der Waals surface area contributed by atoms with Crippen LogP contribution in [0.5, 0.6) is 0 Å². The highest BCUT2D eigenvalue weighted by atomic mass is 19.5. The molecule has 5 nitrogen and oxygen atoms in total. The summed E-state index contributed by atoms with van der Waals surface area (Å²) in [6.07, 6.45) is 0. The van der Waals surface area contributed by atoms with E-state index in [4.69, 9.17) is 18.9 Å². The summed E-state index contributed by atoms with van der Waals surface area (Å²) in [5.74, 6) is 0. The first-order chi connectivity index (χ1) is 11.2. The Labute approximate surface area is 142 Å². The molecule has 0 amide bonds. The molecule has 0 saturated heterocycles. The normalized spacial score (nSPS) is 12.0. The zero-order valence-electron chi connectivity index (χ0n) is 15.2. The number of halogens is 4. The van der Waals surface area contributed by atoms with E-state index < -0.39 is 7.25 Å². The molecule has 0 aliphatic rings. The smallest absolute Gasteiger partial charge is 0.418 e. The Balaban J connectivity index is 0. The van der Waals surface area contributed by atoms with Crippen molar-refractivity contribution in [3.8, 4) is 0 Å². The van der Waals surface area contributed by atoms with Gasteiger partial charge < -0.3 is 40.7 Å². The van der Waals surface area contributed by atoms with Gasteiger partial charge in [-0.1, -0.05) is 0 Å². The number of methoxy groups -OCH3 is 1. The molecule has 148 valence electrons. The van der Waals surface area contributed by atoms with E-state index in [2.05, 4.69) is 7.05 Å². The molecule has 0 aliphatic heterocycles. The second kappa shape index (κ2) is 16.1. The monoisotopic (exact) mass is 365 g/mol. The van der Waals surface area contributed by atoms with Gasteiger partial charge in [-0.3, -0.25) is 0 Å². The molecule has 0 aromatic rings. The van der Waals surface area contributed by atoms with Crippen molar-refractivity contribution in [1.29, 1.82) is 0 Å². The summed E-state index contributed by atoms with van der Waals surface area (Å²) in [7, 11) is -2.08. The van der Waals surface area contributed by atoms with Gasteiger partial charge in [0.15, 0.2) is 0 Å². The number of likely N-dealkylation sites (N-methyl/N-ethyl adjacent to an activating group) is 1. The molecule has 0 spiro atoms. The molecule has 0 N–H and O–H groups in total. The quantitative estimate of drug-likeness (QED) is 0.205. The van der Waals surface area contributed by atoms with Gasteiger partial charge in [0.25, 0.3) is 0 Å². The lowest BCUT2D eigenvalue weighted by atomic mass is 10.3. The minimum Gasteiger partial charge on any atom is -0.418 e. The van der Waals surface area contributed by atoms with Crippen molar-refractivity contribution in [2.24, 2.45) is 0 Å². The largest absolute Gasteiger partial charge is 0.673 e. The zero-order chi connectivity index (χ0) is 18.9. The maximum Gasteiger partial charge on any atom is 0.673 e. The van der Waals surface area contributed by atoms with Crippen LogP contribution >= 0.6 is 0 Å². The Bertz CT molecular complexity index is 258. The average Bonchev–Trinajstić information content (AvgIpc) is 2.46. The highest BCUT2D eigenvalue weighted by Gasteiger charge is 2.21. The second-order valence-corrected chi connectivity index (χ2v) is 5.28. The summed E-state index contributed by atoms with van der Waals surface area (Å²) < 4.78 is 61.4. The summed E-state index contributed by atoms with van der Waals surface area (Å²) >= 11 is 0. The zero-order valence-corrected chi connectivity index (χ0v) is 15.2. The Hall–Kier alpha value is -0.415. The molecule has 0 saturated carbocycles. The number of quaternary nitrogens is 1. The average molecular weight is 365 g/mol. The molecule has 0 radical (unpaired) electrons. The Kier molecular flexibility index (Phi) is 17.3. The van der Waals surface area contributed by atoms with Gasteiger partial charge in [0.05, 0.1) is 40.1 Å². The lowest BCUT2D eigenvalue weighted by Crippen LogP contribution is -2.50. The van der Waals surface area contributed by atoms with Crippen molar-refractivity contribution in [1.82, 2.24) is 0 Å². The number of hydrogen-bond acceptors (Lipinski definition) is 4. The molecule has 0 bridgehead atoms. The van der Waals surface area contributed by atoms with E-state index in [9.17, 15) is 17.3 Å². The first kappa shape index (κ1) is 25.8. The van der Waals surface area contributed by atoms with E-state index in [1.165, 1.54) is 0 Å². The third-order valence-corrected chi connectivity index (χ3v) is 3.17. The number of rotatable bonds is 14. The van der Waals surface area contributed by atoms with Crippen LogP contribution in [-0.2, 0) is 18.9 Å². The molecule has 10 heteroatoms. The highest BCUT2D eigenvalue weighted by molar-refractivity contribution is 6.50. The predicted molar refractivity (Wildman–Crippen MR) is 86.7 cm³/mol. The summed E-state index contributed by atoms with van der Waals surface area (Å²) in [6, 6.07) is 0. The van der Waals surface area contributed by atoms with Gasteiger partial charge in [0, 0.05) is 20.3 Å². The van der Waals surface area contributed by atoms with Gasteiger partial charge in [-0.15, -0.1) is 0 Å². The Morgan fingerprint density at radius 1 is 0.708 bits per heavy atom. The minimum absolute atomic E-state index is 0.654. The Morgan fingerprint density at radius 2 is 1.08 bits per heavy atom. The summed E-state index contributed by atoms with van der Waals surface area (Å²) in [4.78, 5) is 0.